The van der Waals surface area contributed by atoms with Gasteiger partial charge in [-0.15, -0.1) is 0 Å². The molecule has 1 rings (SSSR count). The summed E-state index contributed by atoms with van der Waals surface area (Å²) in [5.41, 5.74) is 1.65. The summed E-state index contributed by atoms with van der Waals surface area (Å²) in [6.45, 7) is 10.2. The molecule has 0 atom stereocenters. The van der Waals surface area contributed by atoms with Crippen LogP contribution in [0.3, 0.4) is 0 Å². The molecule has 0 heterocycles. The number of rotatable bonds is 9. The van der Waals surface area contributed by atoms with E-state index in [0.717, 1.165) is 23.0 Å². The number of amides is 1. The lowest BCUT2D eigenvalue weighted by molar-refractivity contribution is -0.116. The van der Waals surface area contributed by atoms with E-state index in [9.17, 15) is 13.2 Å². The fraction of sp³-hybridized carbons (Fsp3) is 0.471. The van der Waals surface area contributed by atoms with Crippen molar-refractivity contribution in [3.8, 4) is 0 Å². The van der Waals surface area contributed by atoms with Gasteiger partial charge in [0.15, 0.2) is 0 Å². The standard InChI is InChI=1S/C17H27N3O3S/c1-6-20(13-14(2)3)12-11-17(21)18-15-7-9-16(10-8-15)24(22,23)19(4)5/h7-10H,2,6,11-13H2,1,3-5H3,(H,18,21). The molecule has 0 aliphatic rings. The summed E-state index contributed by atoms with van der Waals surface area (Å²) < 4.78 is 25.1. The van der Waals surface area contributed by atoms with Gasteiger partial charge in [0.1, 0.15) is 0 Å². The predicted molar refractivity (Wildman–Crippen MR) is 97.5 cm³/mol. The average Bonchev–Trinajstić information content (AvgIpc) is 2.51. The zero-order valence-corrected chi connectivity index (χ0v) is 15.7. The number of carbonyl (C=O) groups is 1. The number of anilines is 1. The summed E-state index contributed by atoms with van der Waals surface area (Å²) in [4.78, 5) is 14.4. The van der Waals surface area contributed by atoms with Gasteiger partial charge in [-0.3, -0.25) is 9.69 Å². The molecule has 7 heteroatoms. The molecule has 0 radical (unpaired) electrons. The Labute approximate surface area is 145 Å². The molecule has 24 heavy (non-hydrogen) atoms. The first-order chi connectivity index (χ1) is 11.2. The first-order valence-corrected chi connectivity index (χ1v) is 9.30. The minimum Gasteiger partial charge on any atom is -0.326 e. The van der Waals surface area contributed by atoms with Gasteiger partial charge < -0.3 is 5.32 Å². The van der Waals surface area contributed by atoms with Crippen LogP contribution >= 0.6 is 0 Å². The van der Waals surface area contributed by atoms with Crippen LogP contribution in [0.4, 0.5) is 5.69 Å². The third-order valence-corrected chi connectivity index (χ3v) is 5.34. The SMILES string of the molecule is C=C(C)CN(CC)CCC(=O)Nc1ccc(S(=O)(=O)N(C)C)cc1. The maximum Gasteiger partial charge on any atom is 0.242 e. The molecular formula is C17H27N3O3S. The van der Waals surface area contributed by atoms with Crippen LogP contribution < -0.4 is 5.32 Å². The zero-order valence-electron chi connectivity index (χ0n) is 14.9. The normalized spacial score (nSPS) is 11.8. The highest BCUT2D eigenvalue weighted by molar-refractivity contribution is 7.89. The number of sulfonamides is 1. The molecule has 134 valence electrons. The summed E-state index contributed by atoms with van der Waals surface area (Å²) in [7, 11) is -0.490. The smallest absolute Gasteiger partial charge is 0.242 e. The number of hydrogen-bond acceptors (Lipinski definition) is 4. The Hall–Kier alpha value is -1.70. The molecule has 0 aromatic heterocycles. The van der Waals surface area contributed by atoms with Gasteiger partial charge in [0.2, 0.25) is 15.9 Å². The van der Waals surface area contributed by atoms with Crippen molar-refractivity contribution in [3.05, 3.63) is 36.4 Å². The third-order valence-electron chi connectivity index (χ3n) is 3.51. The van der Waals surface area contributed by atoms with E-state index in [4.69, 9.17) is 0 Å². The Morgan fingerprint density at radius 1 is 1.21 bits per heavy atom. The van der Waals surface area contributed by atoms with Crippen molar-refractivity contribution in [2.75, 3.05) is 39.0 Å². The summed E-state index contributed by atoms with van der Waals surface area (Å²) in [6, 6.07) is 6.17. The third kappa shape index (κ3) is 6.07. The van der Waals surface area contributed by atoms with E-state index < -0.39 is 10.0 Å². The van der Waals surface area contributed by atoms with E-state index in [2.05, 4.69) is 16.8 Å². The van der Waals surface area contributed by atoms with Crippen LogP contribution in [-0.4, -0.2) is 57.3 Å². The number of nitrogens with zero attached hydrogens (tertiary/aromatic N) is 2. The van der Waals surface area contributed by atoms with Crippen molar-refractivity contribution < 1.29 is 13.2 Å². The molecule has 1 amide bonds. The van der Waals surface area contributed by atoms with Gasteiger partial charge in [-0.1, -0.05) is 19.1 Å². The van der Waals surface area contributed by atoms with Gasteiger partial charge in [-0.2, -0.15) is 0 Å². The first kappa shape index (κ1) is 20.3. The molecule has 0 saturated carbocycles. The van der Waals surface area contributed by atoms with Crippen molar-refractivity contribution in [3.63, 3.8) is 0 Å². The lowest BCUT2D eigenvalue weighted by atomic mass is 10.2. The van der Waals surface area contributed by atoms with E-state index in [1.165, 1.54) is 26.2 Å². The minimum absolute atomic E-state index is 0.0987. The second kappa shape index (κ2) is 8.96. The highest BCUT2D eigenvalue weighted by Crippen LogP contribution is 2.16. The van der Waals surface area contributed by atoms with Gasteiger partial charge in [0.25, 0.3) is 0 Å². The molecule has 0 fully saturated rings. The van der Waals surface area contributed by atoms with Crippen LogP contribution in [0.25, 0.3) is 0 Å². The lowest BCUT2D eigenvalue weighted by Gasteiger charge is -2.20. The van der Waals surface area contributed by atoms with Gasteiger partial charge in [0.05, 0.1) is 4.90 Å². The molecule has 0 aliphatic heterocycles. The van der Waals surface area contributed by atoms with Gasteiger partial charge >= 0.3 is 0 Å². The van der Waals surface area contributed by atoms with Crippen molar-refractivity contribution >= 4 is 21.6 Å². The quantitative estimate of drug-likeness (QED) is 0.691. The molecule has 6 nitrogen and oxygen atoms in total. The molecule has 0 aliphatic carbocycles. The topological polar surface area (TPSA) is 69.7 Å². The monoisotopic (exact) mass is 353 g/mol. The number of nitrogens with one attached hydrogen (secondary N) is 1. The fourth-order valence-corrected chi connectivity index (χ4v) is 3.04. The Bertz CT molecular complexity index is 667. The van der Waals surface area contributed by atoms with Crippen molar-refractivity contribution in [1.82, 2.24) is 9.21 Å². The minimum atomic E-state index is -3.45. The van der Waals surface area contributed by atoms with Gasteiger partial charge in [0, 0.05) is 39.3 Å². The van der Waals surface area contributed by atoms with Crippen LogP contribution in [0.15, 0.2) is 41.3 Å². The van der Waals surface area contributed by atoms with Crippen LogP contribution in [-0.2, 0) is 14.8 Å². The number of likely N-dealkylation sites (N-methyl/N-ethyl adjacent to an activating group) is 1. The predicted octanol–water partition coefficient (Wildman–Crippen LogP) is 2.16. The van der Waals surface area contributed by atoms with Crippen LogP contribution in [0.5, 0.6) is 0 Å². The van der Waals surface area contributed by atoms with Gasteiger partial charge in [-0.25, -0.2) is 12.7 Å². The Kier molecular flexibility index (Phi) is 7.59. The lowest BCUT2D eigenvalue weighted by Crippen LogP contribution is -2.29. The average molecular weight is 353 g/mol. The van der Waals surface area contributed by atoms with E-state index >= 15 is 0 Å². The Balaban J connectivity index is 2.61. The van der Waals surface area contributed by atoms with E-state index in [-0.39, 0.29) is 10.8 Å². The molecule has 0 bridgehead atoms. The molecule has 1 aromatic rings. The molecule has 1 aromatic carbocycles. The van der Waals surface area contributed by atoms with Crippen molar-refractivity contribution in [2.45, 2.75) is 25.2 Å². The van der Waals surface area contributed by atoms with Crippen molar-refractivity contribution in [1.29, 1.82) is 0 Å². The first-order valence-electron chi connectivity index (χ1n) is 7.86. The molecule has 0 saturated heterocycles. The molecule has 1 N–H and O–H groups in total. The zero-order chi connectivity index (χ0) is 18.3. The second-order valence-corrected chi connectivity index (χ2v) is 8.09. The number of hydrogen-bond donors (Lipinski definition) is 1. The van der Waals surface area contributed by atoms with Crippen molar-refractivity contribution in [2.24, 2.45) is 0 Å². The van der Waals surface area contributed by atoms with Gasteiger partial charge in [-0.05, 0) is 37.7 Å². The largest absolute Gasteiger partial charge is 0.326 e. The van der Waals surface area contributed by atoms with Crippen LogP contribution in [0.1, 0.15) is 20.3 Å². The fourth-order valence-electron chi connectivity index (χ4n) is 2.13. The number of benzene rings is 1. The van der Waals surface area contributed by atoms with Crippen LogP contribution in [0.2, 0.25) is 0 Å². The summed E-state index contributed by atoms with van der Waals surface area (Å²) >= 11 is 0. The van der Waals surface area contributed by atoms with E-state index in [1.807, 2.05) is 13.8 Å². The number of carbonyl (C=O) groups excluding carboxylic acids is 1. The molecule has 0 unspecified atom stereocenters. The van der Waals surface area contributed by atoms with E-state index in [0.29, 0.717) is 18.7 Å². The summed E-state index contributed by atoms with van der Waals surface area (Å²) in [5, 5.41) is 2.79. The van der Waals surface area contributed by atoms with Crippen LogP contribution in [0, 0.1) is 0 Å². The second-order valence-electron chi connectivity index (χ2n) is 5.94. The van der Waals surface area contributed by atoms with E-state index in [1.54, 1.807) is 12.1 Å². The molecule has 0 spiro atoms. The maximum atomic E-state index is 12.0. The summed E-state index contributed by atoms with van der Waals surface area (Å²) in [5.74, 6) is -0.0987. The maximum absolute atomic E-state index is 12.0. The molecular weight excluding hydrogens is 326 g/mol. The Morgan fingerprint density at radius 3 is 2.25 bits per heavy atom. The summed E-state index contributed by atoms with van der Waals surface area (Å²) in [6.07, 6.45) is 0.374. The highest BCUT2D eigenvalue weighted by Gasteiger charge is 2.16. The highest BCUT2D eigenvalue weighted by atomic mass is 32.2. The Morgan fingerprint density at radius 2 is 1.79 bits per heavy atom.